The lowest BCUT2D eigenvalue weighted by Crippen LogP contribution is -2.27. The van der Waals surface area contributed by atoms with Crippen molar-refractivity contribution in [1.29, 1.82) is 0 Å². The molecule has 1 atom stereocenters. The van der Waals surface area contributed by atoms with E-state index < -0.39 is 55.2 Å². The lowest BCUT2D eigenvalue weighted by atomic mass is 9.97. The molecule has 0 spiro atoms. The predicted molar refractivity (Wildman–Crippen MR) is 81.3 cm³/mol. The van der Waals surface area contributed by atoms with Crippen LogP contribution in [0, 0.1) is 5.92 Å². The summed E-state index contributed by atoms with van der Waals surface area (Å²) < 4.78 is 50.2. The average molecular weight is 368 g/mol. The summed E-state index contributed by atoms with van der Waals surface area (Å²) in [6.07, 6.45) is -6.33. The highest BCUT2D eigenvalue weighted by atomic mass is 19.4. The van der Waals surface area contributed by atoms with Gasteiger partial charge in [-0.05, 0) is 34.1 Å². The fourth-order valence-corrected chi connectivity index (χ4v) is 1.71. The van der Waals surface area contributed by atoms with Crippen LogP contribution < -0.4 is 0 Å². The van der Waals surface area contributed by atoms with E-state index in [1.165, 1.54) is 0 Å². The number of halogens is 3. The number of carbonyl (C=O) groups excluding carboxylic acids is 3. The van der Waals surface area contributed by atoms with E-state index in [0.29, 0.717) is 0 Å². The smallest absolute Gasteiger partial charge is 0.422 e. The first-order chi connectivity index (χ1) is 11.3. The summed E-state index contributed by atoms with van der Waals surface area (Å²) in [6, 6.07) is 0. The van der Waals surface area contributed by atoms with Crippen LogP contribution in [0.3, 0.4) is 0 Å². The number of carbonyl (C=O) groups is 3. The van der Waals surface area contributed by atoms with Crippen molar-refractivity contribution in [2.24, 2.45) is 5.92 Å². The van der Waals surface area contributed by atoms with E-state index in [2.05, 4.69) is 11.3 Å². The molecule has 0 aromatic carbocycles. The Balaban J connectivity index is 4.90. The summed E-state index contributed by atoms with van der Waals surface area (Å²) in [5.41, 5.74) is -0.368. The van der Waals surface area contributed by atoms with Gasteiger partial charge in [-0.15, -0.1) is 0 Å². The van der Waals surface area contributed by atoms with Crippen molar-refractivity contribution in [3.63, 3.8) is 0 Å². The van der Waals surface area contributed by atoms with Crippen molar-refractivity contribution in [1.82, 2.24) is 0 Å². The lowest BCUT2D eigenvalue weighted by Gasteiger charge is -2.18. The quantitative estimate of drug-likeness (QED) is 0.354. The maximum atomic E-state index is 12.1. The topological polar surface area (TPSA) is 78.9 Å². The van der Waals surface area contributed by atoms with Gasteiger partial charge in [-0.3, -0.25) is 9.59 Å². The minimum atomic E-state index is -4.67. The van der Waals surface area contributed by atoms with Crippen LogP contribution in [0.2, 0.25) is 0 Å². The second-order valence-electron chi connectivity index (χ2n) is 5.92. The molecule has 0 bridgehead atoms. The SMILES string of the molecule is C=C(CC(CC(=O)OC(C)C)C(=O)OC(C)C)C(=O)OCC(F)(F)F. The van der Waals surface area contributed by atoms with Gasteiger partial charge in [0.15, 0.2) is 6.61 Å². The van der Waals surface area contributed by atoms with Crippen molar-refractivity contribution in [2.45, 2.75) is 58.9 Å². The molecule has 6 nitrogen and oxygen atoms in total. The Bertz CT molecular complexity index is 497. The summed E-state index contributed by atoms with van der Waals surface area (Å²) in [6.45, 7) is 7.98. The van der Waals surface area contributed by atoms with Gasteiger partial charge in [0.05, 0.1) is 24.5 Å². The van der Waals surface area contributed by atoms with Crippen LogP contribution in [0.5, 0.6) is 0 Å². The number of alkyl halides is 3. The highest BCUT2D eigenvalue weighted by Gasteiger charge is 2.32. The molecule has 0 saturated carbocycles. The van der Waals surface area contributed by atoms with Crippen LogP contribution in [0.15, 0.2) is 12.2 Å². The Hall–Kier alpha value is -2.06. The molecule has 0 N–H and O–H groups in total. The van der Waals surface area contributed by atoms with Gasteiger partial charge in [0.1, 0.15) is 0 Å². The molecule has 0 heterocycles. The Kier molecular flexibility index (Phi) is 9.22. The second-order valence-corrected chi connectivity index (χ2v) is 5.92. The fourth-order valence-electron chi connectivity index (χ4n) is 1.71. The molecule has 0 aliphatic rings. The second kappa shape index (κ2) is 10.0. The molecule has 0 rings (SSSR count). The van der Waals surface area contributed by atoms with Gasteiger partial charge >= 0.3 is 24.1 Å². The zero-order chi connectivity index (χ0) is 19.8. The zero-order valence-electron chi connectivity index (χ0n) is 14.6. The van der Waals surface area contributed by atoms with Crippen LogP contribution >= 0.6 is 0 Å². The number of ether oxygens (including phenoxy) is 3. The van der Waals surface area contributed by atoms with Gasteiger partial charge < -0.3 is 14.2 Å². The number of hydrogen-bond acceptors (Lipinski definition) is 6. The first kappa shape index (κ1) is 22.9. The normalized spacial score (nSPS) is 12.7. The molecule has 0 aromatic heterocycles. The monoisotopic (exact) mass is 368 g/mol. The Morgan fingerprint density at radius 3 is 1.92 bits per heavy atom. The van der Waals surface area contributed by atoms with Crippen LogP contribution in [0.1, 0.15) is 40.5 Å². The Morgan fingerprint density at radius 2 is 1.48 bits per heavy atom. The molecule has 9 heteroatoms. The molecule has 0 saturated heterocycles. The zero-order valence-corrected chi connectivity index (χ0v) is 14.6. The summed E-state index contributed by atoms with van der Waals surface area (Å²) in [7, 11) is 0. The lowest BCUT2D eigenvalue weighted by molar-refractivity contribution is -0.183. The number of esters is 3. The van der Waals surface area contributed by atoms with Crippen molar-refractivity contribution in [2.75, 3.05) is 6.61 Å². The number of rotatable bonds is 9. The van der Waals surface area contributed by atoms with E-state index in [9.17, 15) is 27.6 Å². The first-order valence-corrected chi connectivity index (χ1v) is 7.63. The Labute approximate surface area is 144 Å². The molecule has 0 amide bonds. The molecule has 25 heavy (non-hydrogen) atoms. The standard InChI is InChI=1S/C16H23F3O6/c1-9(2)24-13(20)7-12(15(22)25-10(3)4)6-11(5)14(21)23-8-16(17,18)19/h9-10,12H,5-8H2,1-4H3. The van der Waals surface area contributed by atoms with Crippen molar-refractivity contribution >= 4 is 17.9 Å². The maximum Gasteiger partial charge on any atom is 0.422 e. The molecule has 1 unspecified atom stereocenters. The number of hydrogen-bond donors (Lipinski definition) is 0. The summed E-state index contributed by atoms with van der Waals surface area (Å²) in [4.78, 5) is 35.3. The highest BCUT2D eigenvalue weighted by Crippen LogP contribution is 2.21. The summed E-state index contributed by atoms with van der Waals surface area (Å²) in [5.74, 6) is -3.88. The van der Waals surface area contributed by atoms with Gasteiger partial charge in [0, 0.05) is 5.57 Å². The third-order valence-electron chi connectivity index (χ3n) is 2.61. The van der Waals surface area contributed by atoms with Gasteiger partial charge in [-0.25, -0.2) is 4.79 Å². The van der Waals surface area contributed by atoms with Crippen molar-refractivity contribution in [3.8, 4) is 0 Å². The van der Waals surface area contributed by atoms with E-state index in [1.54, 1.807) is 27.7 Å². The van der Waals surface area contributed by atoms with E-state index in [-0.39, 0.29) is 12.0 Å². The molecular weight excluding hydrogens is 345 g/mol. The molecule has 0 aliphatic carbocycles. The molecule has 144 valence electrons. The highest BCUT2D eigenvalue weighted by molar-refractivity contribution is 5.89. The summed E-state index contributed by atoms with van der Waals surface area (Å²) >= 11 is 0. The van der Waals surface area contributed by atoms with Crippen LogP contribution in [0.4, 0.5) is 13.2 Å². The van der Waals surface area contributed by atoms with E-state index in [4.69, 9.17) is 9.47 Å². The van der Waals surface area contributed by atoms with Crippen LogP contribution in [-0.2, 0) is 28.6 Å². The molecule has 0 radical (unpaired) electrons. The van der Waals surface area contributed by atoms with Crippen LogP contribution in [0.25, 0.3) is 0 Å². The average Bonchev–Trinajstić information content (AvgIpc) is 2.41. The third-order valence-corrected chi connectivity index (χ3v) is 2.61. The minimum Gasteiger partial charge on any atom is -0.463 e. The third kappa shape index (κ3) is 11.2. The molecule has 0 fully saturated rings. The fraction of sp³-hybridized carbons (Fsp3) is 0.688. The first-order valence-electron chi connectivity index (χ1n) is 7.63. The van der Waals surface area contributed by atoms with Crippen molar-refractivity contribution < 1.29 is 41.8 Å². The van der Waals surface area contributed by atoms with Crippen LogP contribution in [-0.4, -0.2) is 42.9 Å². The van der Waals surface area contributed by atoms with E-state index in [1.807, 2.05) is 0 Å². The molecule has 0 aliphatic heterocycles. The predicted octanol–water partition coefficient (Wildman–Crippen LogP) is 2.95. The largest absolute Gasteiger partial charge is 0.463 e. The molecule has 0 aromatic rings. The van der Waals surface area contributed by atoms with Gasteiger partial charge in [0.2, 0.25) is 0 Å². The Morgan fingerprint density at radius 1 is 0.960 bits per heavy atom. The minimum absolute atomic E-state index is 0.368. The maximum absolute atomic E-state index is 12.1. The van der Waals surface area contributed by atoms with E-state index >= 15 is 0 Å². The van der Waals surface area contributed by atoms with Gasteiger partial charge in [-0.2, -0.15) is 13.2 Å². The molecular formula is C16H23F3O6. The van der Waals surface area contributed by atoms with Crippen molar-refractivity contribution in [3.05, 3.63) is 12.2 Å². The van der Waals surface area contributed by atoms with Gasteiger partial charge in [0.25, 0.3) is 0 Å². The summed E-state index contributed by atoms with van der Waals surface area (Å²) in [5, 5.41) is 0. The van der Waals surface area contributed by atoms with Gasteiger partial charge in [-0.1, -0.05) is 6.58 Å². The van der Waals surface area contributed by atoms with E-state index in [0.717, 1.165) is 0 Å².